The van der Waals surface area contributed by atoms with Crippen LogP contribution < -0.4 is 15.4 Å². The molecule has 0 aromatic heterocycles. The van der Waals surface area contributed by atoms with E-state index >= 15 is 0 Å². The quantitative estimate of drug-likeness (QED) is 0.673. The van der Waals surface area contributed by atoms with E-state index < -0.39 is 0 Å². The maximum Gasteiger partial charge on any atom is 0.214 e. The molecule has 0 spiro atoms. The molecule has 4 aliphatic rings. The highest BCUT2D eigenvalue weighted by Gasteiger charge is 2.39. The van der Waals surface area contributed by atoms with Crippen molar-refractivity contribution in [3.8, 4) is 5.75 Å². The minimum absolute atomic E-state index is 0.195. The Morgan fingerprint density at radius 3 is 2.79 bits per heavy atom. The third-order valence-electron chi connectivity index (χ3n) is 5.79. The molecule has 1 atom stereocenters. The zero-order valence-electron chi connectivity index (χ0n) is 13.8. The molecule has 6 heteroatoms. The lowest BCUT2D eigenvalue weighted by Crippen LogP contribution is -2.57. The Labute approximate surface area is 147 Å². The molecule has 1 amide bonds. The summed E-state index contributed by atoms with van der Waals surface area (Å²) in [5.74, 6) is 1.32. The fourth-order valence-electron chi connectivity index (χ4n) is 4.43. The average Bonchev–Trinajstić information content (AvgIpc) is 2.87. The van der Waals surface area contributed by atoms with Gasteiger partial charge in [0.15, 0.2) is 0 Å². The van der Waals surface area contributed by atoms with E-state index in [1.165, 1.54) is 0 Å². The molecule has 4 heterocycles. The number of carbonyl (C=O) groups excluding carboxylic acids is 1. The second kappa shape index (κ2) is 6.45. The highest BCUT2D eigenvalue weighted by Crippen LogP contribution is 2.44. The number of nitrogen functional groups attached to an aromatic ring is 1. The normalized spacial score (nSPS) is 28.6. The summed E-state index contributed by atoms with van der Waals surface area (Å²) < 4.78 is 6.02. The van der Waals surface area contributed by atoms with Gasteiger partial charge in [0.1, 0.15) is 5.75 Å². The van der Waals surface area contributed by atoms with Crippen molar-refractivity contribution < 1.29 is 9.53 Å². The number of hydrogen-bond acceptors (Lipinski definition) is 4. The van der Waals surface area contributed by atoms with Gasteiger partial charge in [0, 0.05) is 12.1 Å². The van der Waals surface area contributed by atoms with Gasteiger partial charge in [-0.3, -0.25) is 4.79 Å². The van der Waals surface area contributed by atoms with Crippen molar-refractivity contribution in [2.45, 2.75) is 38.1 Å². The van der Waals surface area contributed by atoms with Crippen LogP contribution in [0.3, 0.4) is 0 Å². The number of nitrogens with two attached hydrogens (primary N) is 1. The summed E-state index contributed by atoms with van der Waals surface area (Å²) in [6.45, 7) is 3.88. The number of ether oxygens (including phenoxy) is 1. The summed E-state index contributed by atoms with van der Waals surface area (Å²) in [7, 11) is 0. The van der Waals surface area contributed by atoms with Crippen LogP contribution in [0.15, 0.2) is 6.07 Å². The number of benzene rings is 1. The highest BCUT2D eigenvalue weighted by atomic mass is 35.5. The van der Waals surface area contributed by atoms with Gasteiger partial charge in [-0.05, 0) is 57.2 Å². The van der Waals surface area contributed by atoms with E-state index in [0.29, 0.717) is 23.2 Å². The number of amides is 1. The van der Waals surface area contributed by atoms with Gasteiger partial charge in [0.05, 0.1) is 29.0 Å². The second-order valence-corrected chi connectivity index (χ2v) is 7.53. The monoisotopic (exact) mass is 349 g/mol. The Morgan fingerprint density at radius 2 is 2.12 bits per heavy atom. The summed E-state index contributed by atoms with van der Waals surface area (Å²) in [6, 6.07) is 2.01. The van der Waals surface area contributed by atoms with Crippen molar-refractivity contribution in [2.75, 3.05) is 36.9 Å². The number of fused-ring (bicyclic) bond motifs is 4. The molecule has 3 saturated heterocycles. The first-order valence-corrected chi connectivity index (χ1v) is 9.26. The highest BCUT2D eigenvalue weighted by molar-refractivity contribution is 6.33. The van der Waals surface area contributed by atoms with E-state index in [-0.39, 0.29) is 6.04 Å². The van der Waals surface area contributed by atoms with E-state index in [1.807, 2.05) is 11.0 Å². The number of anilines is 2. The summed E-state index contributed by atoms with van der Waals surface area (Å²) >= 11 is 6.39. The number of piperidine rings is 3. The molecule has 1 aromatic carbocycles. The van der Waals surface area contributed by atoms with Crippen molar-refractivity contribution >= 4 is 29.4 Å². The second-order valence-electron chi connectivity index (χ2n) is 7.12. The lowest BCUT2D eigenvalue weighted by atomic mass is 9.83. The first-order valence-electron chi connectivity index (χ1n) is 8.88. The number of carbonyl (C=O) groups is 1. The van der Waals surface area contributed by atoms with Crippen LogP contribution in [0.5, 0.6) is 5.75 Å². The first-order chi connectivity index (χ1) is 11.7. The summed E-state index contributed by atoms with van der Waals surface area (Å²) in [5, 5.41) is 0.516. The predicted octanol–water partition coefficient (Wildman–Crippen LogP) is 2.69. The van der Waals surface area contributed by atoms with E-state index in [2.05, 4.69) is 4.90 Å². The Bertz CT molecular complexity index is 644. The first kappa shape index (κ1) is 16.0. The van der Waals surface area contributed by atoms with Crippen LogP contribution in [0, 0.1) is 5.92 Å². The summed E-state index contributed by atoms with van der Waals surface area (Å²) in [4.78, 5) is 16.3. The van der Waals surface area contributed by atoms with Crippen molar-refractivity contribution in [1.29, 1.82) is 0 Å². The molecule has 1 unspecified atom stereocenters. The molecule has 5 rings (SSSR count). The number of rotatable bonds is 3. The van der Waals surface area contributed by atoms with Crippen LogP contribution in [-0.2, 0) is 11.2 Å². The lowest BCUT2D eigenvalue weighted by Gasteiger charge is -2.48. The van der Waals surface area contributed by atoms with E-state index in [1.54, 1.807) is 0 Å². The molecule has 2 bridgehead atoms. The SMILES string of the molecule is Nc1c(Cl)cc(N(C=O)C2CN3CCC2CC3)c2c1CCCCO2. The van der Waals surface area contributed by atoms with Crippen LogP contribution in [0.2, 0.25) is 5.02 Å². The van der Waals surface area contributed by atoms with Gasteiger partial charge in [0.2, 0.25) is 6.41 Å². The van der Waals surface area contributed by atoms with Crippen molar-refractivity contribution in [2.24, 2.45) is 5.92 Å². The smallest absolute Gasteiger partial charge is 0.214 e. The molecular weight excluding hydrogens is 326 g/mol. The van der Waals surface area contributed by atoms with E-state index in [4.69, 9.17) is 22.1 Å². The van der Waals surface area contributed by atoms with Gasteiger partial charge in [-0.15, -0.1) is 0 Å². The standard InChI is InChI=1S/C18H24ClN3O2/c19-14-9-15(18-13(17(14)20)3-1-2-8-24-18)22(11-23)16-10-21-6-4-12(16)5-7-21/h9,11-12,16H,1-8,10,20H2. The van der Waals surface area contributed by atoms with Gasteiger partial charge in [0.25, 0.3) is 0 Å². The van der Waals surface area contributed by atoms with Gasteiger partial charge in [-0.1, -0.05) is 11.6 Å². The van der Waals surface area contributed by atoms with Crippen LogP contribution in [-0.4, -0.2) is 43.6 Å². The fraction of sp³-hybridized carbons (Fsp3) is 0.611. The predicted molar refractivity (Wildman–Crippen MR) is 95.8 cm³/mol. The lowest BCUT2D eigenvalue weighted by molar-refractivity contribution is -0.108. The summed E-state index contributed by atoms with van der Waals surface area (Å²) in [6.07, 6.45) is 6.12. The third kappa shape index (κ3) is 2.64. The maximum atomic E-state index is 12.0. The van der Waals surface area contributed by atoms with Crippen molar-refractivity contribution in [3.05, 3.63) is 16.7 Å². The zero-order chi connectivity index (χ0) is 16.7. The maximum absolute atomic E-state index is 12.0. The van der Waals surface area contributed by atoms with Gasteiger partial charge in [-0.2, -0.15) is 0 Å². The largest absolute Gasteiger partial charge is 0.491 e. The Balaban J connectivity index is 1.76. The number of nitrogens with zero attached hydrogens (tertiary/aromatic N) is 2. The third-order valence-corrected chi connectivity index (χ3v) is 6.10. The van der Waals surface area contributed by atoms with Gasteiger partial charge < -0.3 is 20.3 Å². The average molecular weight is 350 g/mol. The number of halogens is 1. The molecule has 2 N–H and O–H groups in total. The summed E-state index contributed by atoms with van der Waals surface area (Å²) in [5.41, 5.74) is 8.54. The van der Waals surface area contributed by atoms with Gasteiger partial charge >= 0.3 is 0 Å². The molecule has 0 saturated carbocycles. The van der Waals surface area contributed by atoms with Crippen LogP contribution in [0.1, 0.15) is 31.2 Å². The minimum Gasteiger partial charge on any atom is -0.491 e. The molecule has 1 aromatic rings. The van der Waals surface area contributed by atoms with Crippen molar-refractivity contribution in [3.63, 3.8) is 0 Å². The van der Waals surface area contributed by atoms with E-state index in [9.17, 15) is 4.79 Å². The Hall–Kier alpha value is -1.46. The van der Waals surface area contributed by atoms with E-state index in [0.717, 1.165) is 75.1 Å². The molecule has 3 fully saturated rings. The Kier molecular flexibility index (Phi) is 4.31. The Morgan fingerprint density at radius 1 is 1.33 bits per heavy atom. The topological polar surface area (TPSA) is 58.8 Å². The minimum atomic E-state index is 0.195. The van der Waals surface area contributed by atoms with Crippen molar-refractivity contribution in [1.82, 2.24) is 4.90 Å². The molecular formula is C18H24ClN3O2. The van der Waals surface area contributed by atoms with Crippen LogP contribution >= 0.6 is 11.6 Å². The van der Waals surface area contributed by atoms with Crippen LogP contribution in [0.4, 0.5) is 11.4 Å². The molecule has 24 heavy (non-hydrogen) atoms. The zero-order valence-corrected chi connectivity index (χ0v) is 14.6. The molecule has 0 radical (unpaired) electrons. The van der Waals surface area contributed by atoms with Crippen LogP contribution in [0.25, 0.3) is 0 Å². The molecule has 130 valence electrons. The molecule has 0 aliphatic carbocycles. The molecule has 5 nitrogen and oxygen atoms in total. The fourth-order valence-corrected chi connectivity index (χ4v) is 4.64. The molecule has 4 aliphatic heterocycles. The number of hydrogen-bond donors (Lipinski definition) is 1. The van der Waals surface area contributed by atoms with Gasteiger partial charge in [-0.25, -0.2) is 0 Å².